The molecule has 6 heteroatoms. The number of amides is 1. The van der Waals surface area contributed by atoms with Gasteiger partial charge in [0.05, 0.1) is 32.4 Å². The lowest BCUT2D eigenvalue weighted by Crippen LogP contribution is -3.11. The maximum absolute atomic E-state index is 12.8. The predicted octanol–water partition coefficient (Wildman–Crippen LogP) is 3.05. The smallest absolute Gasteiger partial charge is 0.275 e. The summed E-state index contributed by atoms with van der Waals surface area (Å²) >= 11 is 0. The highest BCUT2D eigenvalue weighted by atomic mass is 16.5. The molecule has 1 aromatic heterocycles. The fourth-order valence-corrected chi connectivity index (χ4v) is 4.39. The second-order valence-electron chi connectivity index (χ2n) is 7.86. The number of ether oxygens (including phenoxy) is 2. The van der Waals surface area contributed by atoms with Crippen LogP contribution in [0.2, 0.25) is 0 Å². The number of furan rings is 1. The molecule has 3 atom stereocenters. The van der Waals surface area contributed by atoms with Gasteiger partial charge in [-0.05, 0) is 31.2 Å². The van der Waals surface area contributed by atoms with E-state index >= 15 is 0 Å². The van der Waals surface area contributed by atoms with Crippen LogP contribution in [0.4, 0.5) is 0 Å². The summed E-state index contributed by atoms with van der Waals surface area (Å²) in [6, 6.07) is 15.9. The Morgan fingerprint density at radius 2 is 2.03 bits per heavy atom. The number of nitrogens with one attached hydrogen (secondary N) is 2. The molecule has 0 bridgehead atoms. The van der Waals surface area contributed by atoms with Crippen LogP contribution in [0.15, 0.2) is 52.9 Å². The zero-order chi connectivity index (χ0) is 21.1. The monoisotopic (exact) mass is 409 g/mol. The molecule has 0 radical (unpaired) electrons. The number of rotatable bonds is 7. The normalized spacial score (nSPS) is 19.6. The first-order valence-corrected chi connectivity index (χ1v) is 10.4. The molecule has 2 N–H and O–H groups in total. The van der Waals surface area contributed by atoms with Gasteiger partial charge < -0.3 is 24.1 Å². The molecule has 0 saturated carbocycles. The molecule has 1 saturated heterocycles. The summed E-state index contributed by atoms with van der Waals surface area (Å²) in [4.78, 5) is 14.1. The van der Waals surface area contributed by atoms with E-state index in [4.69, 9.17) is 13.9 Å². The Morgan fingerprint density at radius 1 is 1.20 bits per heavy atom. The number of hydrogen-bond acceptors (Lipinski definition) is 4. The molecule has 2 heterocycles. The summed E-state index contributed by atoms with van der Waals surface area (Å²) in [5, 5.41) is 4.14. The Morgan fingerprint density at radius 3 is 2.80 bits per heavy atom. The standard InChI is InChI=1S/C24H28N2O4/c1-16(22-13-17-7-4-5-9-21(17)30-22)25-24(27)15-26-12-6-8-20(26)19-11-10-18(28-2)14-23(19)29-3/h4-5,7,9-11,13-14,16,20H,6,8,12,15H2,1-3H3,(H,25,27)/p+1/t16-,20-/m1/s1. The van der Waals surface area contributed by atoms with Gasteiger partial charge in [-0.3, -0.25) is 4.79 Å². The van der Waals surface area contributed by atoms with Crippen molar-refractivity contribution in [2.75, 3.05) is 27.3 Å². The van der Waals surface area contributed by atoms with Crippen LogP contribution in [0, 0.1) is 0 Å². The van der Waals surface area contributed by atoms with Gasteiger partial charge in [-0.2, -0.15) is 0 Å². The molecule has 2 aromatic carbocycles. The van der Waals surface area contributed by atoms with E-state index in [1.165, 1.54) is 4.90 Å². The maximum Gasteiger partial charge on any atom is 0.275 e. The van der Waals surface area contributed by atoms with Gasteiger partial charge in [-0.25, -0.2) is 0 Å². The summed E-state index contributed by atoms with van der Waals surface area (Å²) in [5.74, 6) is 2.38. The van der Waals surface area contributed by atoms with Gasteiger partial charge in [-0.1, -0.05) is 18.2 Å². The number of quaternary nitrogens is 1. The minimum Gasteiger partial charge on any atom is -0.497 e. The third-order valence-corrected chi connectivity index (χ3v) is 5.94. The van der Waals surface area contributed by atoms with E-state index in [0.29, 0.717) is 6.54 Å². The zero-order valence-electron chi connectivity index (χ0n) is 17.7. The van der Waals surface area contributed by atoms with E-state index in [-0.39, 0.29) is 18.0 Å². The van der Waals surface area contributed by atoms with Crippen molar-refractivity contribution in [2.45, 2.75) is 31.8 Å². The first-order chi connectivity index (χ1) is 14.6. The van der Waals surface area contributed by atoms with Crippen molar-refractivity contribution in [1.29, 1.82) is 0 Å². The van der Waals surface area contributed by atoms with Crippen LogP contribution in [0.5, 0.6) is 11.5 Å². The average molecular weight is 410 g/mol. The van der Waals surface area contributed by atoms with Crippen molar-refractivity contribution in [1.82, 2.24) is 5.32 Å². The molecule has 1 aliphatic heterocycles. The van der Waals surface area contributed by atoms with Crippen LogP contribution in [-0.4, -0.2) is 33.2 Å². The number of benzene rings is 2. The lowest BCUT2D eigenvalue weighted by molar-refractivity contribution is -0.910. The Labute approximate surface area is 176 Å². The third-order valence-electron chi connectivity index (χ3n) is 5.94. The SMILES string of the molecule is COc1ccc([C@H]2CCC[NH+]2CC(=O)N[C@H](C)c2cc3ccccc3o2)c(OC)c1. The number of carbonyl (C=O) groups is 1. The van der Waals surface area contributed by atoms with E-state index in [9.17, 15) is 4.79 Å². The molecule has 6 nitrogen and oxygen atoms in total. The number of likely N-dealkylation sites (tertiary alicyclic amines) is 1. The van der Waals surface area contributed by atoms with Crippen LogP contribution in [-0.2, 0) is 4.79 Å². The fourth-order valence-electron chi connectivity index (χ4n) is 4.39. The van der Waals surface area contributed by atoms with E-state index in [1.54, 1.807) is 14.2 Å². The van der Waals surface area contributed by atoms with Crippen LogP contribution in [0.3, 0.4) is 0 Å². The summed E-state index contributed by atoms with van der Waals surface area (Å²) in [6.45, 7) is 3.34. The predicted molar refractivity (Wildman–Crippen MR) is 115 cm³/mol. The molecule has 4 rings (SSSR count). The Balaban J connectivity index is 1.43. The Bertz CT molecular complexity index is 996. The van der Waals surface area contributed by atoms with Crippen molar-refractivity contribution < 1.29 is 23.6 Å². The quantitative estimate of drug-likeness (QED) is 0.630. The molecular formula is C24H29N2O4+. The van der Waals surface area contributed by atoms with Crippen molar-refractivity contribution in [3.63, 3.8) is 0 Å². The van der Waals surface area contributed by atoms with Gasteiger partial charge >= 0.3 is 0 Å². The highest BCUT2D eigenvalue weighted by Gasteiger charge is 2.34. The number of para-hydroxylation sites is 1. The molecule has 3 aromatic rings. The molecule has 1 aliphatic rings. The van der Waals surface area contributed by atoms with E-state index in [0.717, 1.165) is 53.2 Å². The van der Waals surface area contributed by atoms with E-state index in [2.05, 4.69) is 11.4 Å². The van der Waals surface area contributed by atoms with Gasteiger partial charge in [0.1, 0.15) is 28.9 Å². The minimum atomic E-state index is -0.180. The van der Waals surface area contributed by atoms with Gasteiger partial charge in [0.2, 0.25) is 0 Å². The molecular weight excluding hydrogens is 380 g/mol. The van der Waals surface area contributed by atoms with Gasteiger partial charge in [0.15, 0.2) is 6.54 Å². The lowest BCUT2D eigenvalue weighted by Gasteiger charge is -2.23. The fraction of sp³-hybridized carbons (Fsp3) is 0.375. The van der Waals surface area contributed by atoms with Gasteiger partial charge in [0.25, 0.3) is 5.91 Å². The van der Waals surface area contributed by atoms with Crippen molar-refractivity contribution >= 4 is 16.9 Å². The Hall–Kier alpha value is -2.99. The van der Waals surface area contributed by atoms with Gasteiger partial charge in [0, 0.05) is 24.3 Å². The van der Waals surface area contributed by atoms with Crippen LogP contribution >= 0.6 is 0 Å². The van der Waals surface area contributed by atoms with Crippen molar-refractivity contribution in [3.8, 4) is 11.5 Å². The summed E-state index contributed by atoms with van der Waals surface area (Å²) in [6.07, 6.45) is 2.12. The third kappa shape index (κ3) is 4.14. The number of methoxy groups -OCH3 is 2. The molecule has 158 valence electrons. The van der Waals surface area contributed by atoms with E-state index < -0.39 is 0 Å². The van der Waals surface area contributed by atoms with Crippen molar-refractivity contribution in [3.05, 3.63) is 59.9 Å². The first kappa shape index (κ1) is 20.3. The largest absolute Gasteiger partial charge is 0.497 e. The molecule has 30 heavy (non-hydrogen) atoms. The molecule has 1 unspecified atom stereocenters. The van der Waals surface area contributed by atoms with Gasteiger partial charge in [-0.15, -0.1) is 0 Å². The highest BCUT2D eigenvalue weighted by Crippen LogP contribution is 2.31. The average Bonchev–Trinajstić information content (AvgIpc) is 3.40. The molecule has 0 spiro atoms. The number of carbonyl (C=O) groups excluding carboxylic acids is 1. The summed E-state index contributed by atoms with van der Waals surface area (Å²) in [5.41, 5.74) is 1.97. The van der Waals surface area contributed by atoms with Crippen LogP contribution < -0.4 is 19.7 Å². The number of hydrogen-bond donors (Lipinski definition) is 2. The molecule has 1 amide bonds. The van der Waals surface area contributed by atoms with E-state index in [1.807, 2.05) is 49.4 Å². The topological polar surface area (TPSA) is 65.1 Å². The molecule has 1 fully saturated rings. The van der Waals surface area contributed by atoms with Crippen LogP contribution in [0.1, 0.15) is 43.2 Å². The summed E-state index contributed by atoms with van der Waals surface area (Å²) < 4.78 is 16.8. The second kappa shape index (κ2) is 8.79. The minimum absolute atomic E-state index is 0.0253. The lowest BCUT2D eigenvalue weighted by atomic mass is 10.0. The maximum atomic E-state index is 12.8. The van der Waals surface area contributed by atoms with Crippen LogP contribution in [0.25, 0.3) is 11.0 Å². The zero-order valence-corrected chi connectivity index (χ0v) is 17.7. The first-order valence-electron chi connectivity index (χ1n) is 10.4. The number of fused-ring (bicyclic) bond motifs is 1. The summed E-state index contributed by atoms with van der Waals surface area (Å²) in [7, 11) is 3.32. The Kier molecular flexibility index (Phi) is 5.95. The molecule has 0 aliphatic carbocycles. The highest BCUT2D eigenvalue weighted by molar-refractivity contribution is 5.79. The second-order valence-corrected chi connectivity index (χ2v) is 7.86. The van der Waals surface area contributed by atoms with Crippen molar-refractivity contribution in [2.24, 2.45) is 0 Å².